The molecule has 1 atom stereocenters. The molecule has 3 heteroatoms. The van der Waals surface area contributed by atoms with Crippen molar-refractivity contribution in [3.05, 3.63) is 47.5 Å². The molecular weight excluding hydrogens is 224 g/mol. The summed E-state index contributed by atoms with van der Waals surface area (Å²) >= 11 is 0. The fraction of sp³-hybridized carbons (Fsp3) is 0.400. The molecule has 1 unspecified atom stereocenters. The van der Waals surface area contributed by atoms with Gasteiger partial charge >= 0.3 is 0 Å². The van der Waals surface area contributed by atoms with Gasteiger partial charge in [-0.3, -0.25) is 9.69 Å². The Labute approximate surface area is 107 Å². The molecule has 2 aliphatic rings. The standard InChI is InChI=1S/C15H18N2O/c18-15(16-14-7-3-4-8-14)11-17-9-12-5-1-2-6-13(12)10-17/h1-3,5-7,14H,4,8-11H2,(H,16,18). The Balaban J connectivity index is 1.53. The van der Waals surface area contributed by atoms with Crippen LogP contribution in [0.3, 0.4) is 0 Å². The third kappa shape index (κ3) is 2.46. The van der Waals surface area contributed by atoms with Gasteiger partial charge in [0, 0.05) is 19.1 Å². The second-order valence-electron chi connectivity index (χ2n) is 5.09. The van der Waals surface area contributed by atoms with Gasteiger partial charge in [0.1, 0.15) is 0 Å². The van der Waals surface area contributed by atoms with E-state index in [1.165, 1.54) is 11.1 Å². The van der Waals surface area contributed by atoms with Crippen LogP contribution in [0.25, 0.3) is 0 Å². The summed E-state index contributed by atoms with van der Waals surface area (Å²) in [5, 5.41) is 3.07. The van der Waals surface area contributed by atoms with Crippen LogP contribution >= 0.6 is 0 Å². The van der Waals surface area contributed by atoms with Crippen molar-refractivity contribution in [3.8, 4) is 0 Å². The van der Waals surface area contributed by atoms with Crippen LogP contribution < -0.4 is 5.32 Å². The molecule has 1 aliphatic carbocycles. The van der Waals surface area contributed by atoms with Crippen LogP contribution in [0.2, 0.25) is 0 Å². The summed E-state index contributed by atoms with van der Waals surface area (Å²) in [5.74, 6) is 0.138. The van der Waals surface area contributed by atoms with Gasteiger partial charge in [0.2, 0.25) is 5.91 Å². The average Bonchev–Trinajstić information content (AvgIpc) is 2.96. The first-order valence-electron chi connectivity index (χ1n) is 6.56. The number of nitrogens with one attached hydrogen (secondary N) is 1. The fourth-order valence-corrected chi connectivity index (χ4v) is 2.72. The Kier molecular flexibility index (Phi) is 3.15. The van der Waals surface area contributed by atoms with Crippen LogP contribution in [0.15, 0.2) is 36.4 Å². The van der Waals surface area contributed by atoms with Crippen molar-refractivity contribution in [2.75, 3.05) is 6.54 Å². The predicted molar refractivity (Wildman–Crippen MR) is 70.9 cm³/mol. The lowest BCUT2D eigenvalue weighted by Crippen LogP contribution is -2.39. The van der Waals surface area contributed by atoms with Gasteiger partial charge in [0.25, 0.3) is 0 Å². The van der Waals surface area contributed by atoms with E-state index in [4.69, 9.17) is 0 Å². The summed E-state index contributed by atoms with van der Waals surface area (Å²) in [6.07, 6.45) is 6.36. The molecule has 0 radical (unpaired) electrons. The maximum absolute atomic E-state index is 11.9. The van der Waals surface area contributed by atoms with Crippen molar-refractivity contribution in [2.24, 2.45) is 0 Å². The molecule has 94 valence electrons. The monoisotopic (exact) mass is 242 g/mol. The van der Waals surface area contributed by atoms with E-state index in [9.17, 15) is 4.79 Å². The van der Waals surface area contributed by atoms with Gasteiger partial charge in [0.15, 0.2) is 0 Å². The predicted octanol–water partition coefficient (Wildman–Crippen LogP) is 1.84. The SMILES string of the molecule is O=C(CN1Cc2ccccc2C1)NC1C=CCC1. The summed E-state index contributed by atoms with van der Waals surface area (Å²) in [6, 6.07) is 8.67. The van der Waals surface area contributed by atoms with Gasteiger partial charge in [0.05, 0.1) is 6.54 Å². The van der Waals surface area contributed by atoms with E-state index in [2.05, 4.69) is 46.6 Å². The summed E-state index contributed by atoms with van der Waals surface area (Å²) in [4.78, 5) is 14.1. The highest BCUT2D eigenvalue weighted by atomic mass is 16.2. The van der Waals surface area contributed by atoms with E-state index < -0.39 is 0 Å². The minimum Gasteiger partial charge on any atom is -0.349 e. The molecule has 0 fully saturated rings. The molecule has 3 nitrogen and oxygen atoms in total. The summed E-state index contributed by atoms with van der Waals surface area (Å²) in [6.45, 7) is 2.28. The number of allylic oxidation sites excluding steroid dienone is 1. The highest BCUT2D eigenvalue weighted by Crippen LogP contribution is 2.21. The van der Waals surface area contributed by atoms with Crippen molar-refractivity contribution in [1.29, 1.82) is 0 Å². The Morgan fingerprint density at radius 1 is 1.28 bits per heavy atom. The molecule has 1 aliphatic heterocycles. The third-order valence-electron chi connectivity index (χ3n) is 3.63. The number of nitrogens with zero attached hydrogens (tertiary/aromatic N) is 1. The number of benzene rings is 1. The van der Waals surface area contributed by atoms with Crippen molar-refractivity contribution in [3.63, 3.8) is 0 Å². The van der Waals surface area contributed by atoms with Crippen LogP contribution in [-0.2, 0) is 17.9 Å². The number of rotatable bonds is 3. The molecule has 0 saturated heterocycles. The van der Waals surface area contributed by atoms with Gasteiger partial charge in [-0.25, -0.2) is 0 Å². The minimum absolute atomic E-state index is 0.138. The number of carbonyl (C=O) groups is 1. The van der Waals surface area contributed by atoms with Crippen LogP contribution in [-0.4, -0.2) is 23.4 Å². The Morgan fingerprint density at radius 2 is 2.00 bits per heavy atom. The number of hydrogen-bond donors (Lipinski definition) is 1. The summed E-state index contributed by atoms with van der Waals surface area (Å²) < 4.78 is 0. The molecular formula is C15H18N2O. The Bertz CT molecular complexity index is 456. The van der Waals surface area contributed by atoms with E-state index in [1.807, 2.05) is 0 Å². The zero-order valence-corrected chi connectivity index (χ0v) is 10.4. The quantitative estimate of drug-likeness (QED) is 0.820. The zero-order valence-electron chi connectivity index (χ0n) is 10.4. The number of fused-ring (bicyclic) bond motifs is 1. The van der Waals surface area contributed by atoms with E-state index in [0.717, 1.165) is 25.9 Å². The lowest BCUT2D eigenvalue weighted by atomic mass is 10.1. The molecule has 0 bridgehead atoms. The minimum atomic E-state index is 0.138. The van der Waals surface area contributed by atoms with Crippen LogP contribution in [0.5, 0.6) is 0 Å². The number of hydrogen-bond acceptors (Lipinski definition) is 2. The fourth-order valence-electron chi connectivity index (χ4n) is 2.72. The summed E-state index contributed by atoms with van der Waals surface area (Å²) in [5.41, 5.74) is 2.71. The molecule has 0 saturated carbocycles. The molecule has 1 amide bonds. The van der Waals surface area contributed by atoms with Crippen molar-refractivity contribution >= 4 is 5.91 Å². The van der Waals surface area contributed by atoms with E-state index in [-0.39, 0.29) is 11.9 Å². The second-order valence-corrected chi connectivity index (χ2v) is 5.09. The van der Waals surface area contributed by atoms with Gasteiger partial charge in [-0.05, 0) is 24.0 Å². The molecule has 1 aromatic rings. The maximum Gasteiger partial charge on any atom is 0.234 e. The number of amides is 1. The lowest BCUT2D eigenvalue weighted by molar-refractivity contribution is -0.122. The van der Waals surface area contributed by atoms with Gasteiger partial charge in [-0.15, -0.1) is 0 Å². The second kappa shape index (κ2) is 4.94. The molecule has 18 heavy (non-hydrogen) atoms. The van der Waals surface area contributed by atoms with E-state index in [1.54, 1.807) is 0 Å². The highest BCUT2D eigenvalue weighted by Gasteiger charge is 2.21. The Hall–Kier alpha value is -1.61. The van der Waals surface area contributed by atoms with Crippen molar-refractivity contribution < 1.29 is 4.79 Å². The largest absolute Gasteiger partial charge is 0.349 e. The Morgan fingerprint density at radius 3 is 2.61 bits per heavy atom. The van der Waals surface area contributed by atoms with Crippen molar-refractivity contribution in [1.82, 2.24) is 10.2 Å². The zero-order chi connectivity index (χ0) is 12.4. The van der Waals surface area contributed by atoms with Crippen LogP contribution in [0.4, 0.5) is 0 Å². The lowest BCUT2D eigenvalue weighted by Gasteiger charge is -2.16. The van der Waals surface area contributed by atoms with Crippen LogP contribution in [0, 0.1) is 0 Å². The van der Waals surface area contributed by atoms with Gasteiger partial charge in [-0.2, -0.15) is 0 Å². The van der Waals surface area contributed by atoms with E-state index >= 15 is 0 Å². The number of carbonyl (C=O) groups excluding carboxylic acids is 1. The smallest absolute Gasteiger partial charge is 0.234 e. The highest BCUT2D eigenvalue weighted by molar-refractivity contribution is 5.78. The molecule has 0 spiro atoms. The van der Waals surface area contributed by atoms with Crippen molar-refractivity contribution in [2.45, 2.75) is 32.0 Å². The van der Waals surface area contributed by atoms with Gasteiger partial charge < -0.3 is 5.32 Å². The third-order valence-corrected chi connectivity index (χ3v) is 3.63. The topological polar surface area (TPSA) is 32.3 Å². The first-order valence-corrected chi connectivity index (χ1v) is 6.56. The normalized spacial score (nSPS) is 22.1. The average molecular weight is 242 g/mol. The summed E-state index contributed by atoms with van der Waals surface area (Å²) in [7, 11) is 0. The molecule has 1 N–H and O–H groups in total. The molecule has 1 heterocycles. The molecule has 1 aromatic carbocycles. The first kappa shape index (κ1) is 11.5. The van der Waals surface area contributed by atoms with Gasteiger partial charge in [-0.1, -0.05) is 36.4 Å². The molecule has 3 rings (SSSR count). The molecule has 0 aromatic heterocycles. The van der Waals surface area contributed by atoms with E-state index in [0.29, 0.717) is 6.54 Å². The first-order chi connectivity index (χ1) is 8.81. The maximum atomic E-state index is 11.9. The van der Waals surface area contributed by atoms with Crippen LogP contribution in [0.1, 0.15) is 24.0 Å².